The van der Waals surface area contributed by atoms with E-state index in [0.717, 1.165) is 68.8 Å². The van der Waals surface area contributed by atoms with Crippen LogP contribution in [0.25, 0.3) is 0 Å². The van der Waals surface area contributed by atoms with Crippen LogP contribution in [0.5, 0.6) is 5.75 Å². The molecule has 5 saturated carbocycles. The van der Waals surface area contributed by atoms with Crippen LogP contribution in [-0.4, -0.2) is 35.6 Å². The van der Waals surface area contributed by atoms with Gasteiger partial charge in [0.25, 0.3) is 0 Å². The maximum absolute atomic E-state index is 13.6. The Labute approximate surface area is 198 Å². The third-order valence-corrected chi connectivity index (χ3v) is 8.80. The smallest absolute Gasteiger partial charge is 0.249 e. The van der Waals surface area contributed by atoms with E-state index in [4.69, 9.17) is 14.2 Å². The third-order valence-electron chi connectivity index (χ3n) is 8.80. The number of carbonyl (C=O) groups excluding carboxylic acids is 1. The molecule has 8 heteroatoms. The van der Waals surface area contributed by atoms with E-state index in [9.17, 15) is 13.6 Å². The number of hydrogen-bond acceptors (Lipinski definition) is 5. The number of amides is 1. The third kappa shape index (κ3) is 3.79. The highest BCUT2D eigenvalue weighted by Gasteiger charge is 2.55. The van der Waals surface area contributed by atoms with Gasteiger partial charge in [0, 0.05) is 48.4 Å². The summed E-state index contributed by atoms with van der Waals surface area (Å²) in [6, 6.07) is 7.39. The lowest BCUT2D eigenvalue weighted by Crippen LogP contribution is -2.53. The largest absolute Gasteiger partial charge is 0.497 e. The van der Waals surface area contributed by atoms with E-state index in [-0.39, 0.29) is 29.6 Å². The van der Waals surface area contributed by atoms with Crippen LogP contribution in [0.4, 0.5) is 14.5 Å². The molecule has 0 N–H and O–H groups in total. The predicted octanol–water partition coefficient (Wildman–Crippen LogP) is 5.63. The molecule has 6 nitrogen and oxygen atoms in total. The zero-order valence-corrected chi connectivity index (χ0v) is 19.6. The van der Waals surface area contributed by atoms with Crippen molar-refractivity contribution in [2.45, 2.75) is 81.5 Å². The molecule has 0 radical (unpaired) electrons. The number of rotatable bonds is 7. The first-order valence-corrected chi connectivity index (χ1v) is 12.5. The number of fused-ring (bicyclic) bond motifs is 3. The van der Waals surface area contributed by atoms with Crippen molar-refractivity contribution in [1.82, 2.24) is 10.1 Å². The minimum absolute atomic E-state index is 0.0217. The molecule has 182 valence electrons. The lowest BCUT2D eigenvalue weighted by molar-refractivity contribution is -0.148. The Bertz CT molecular complexity index is 1060. The van der Waals surface area contributed by atoms with Crippen LogP contribution in [0, 0.1) is 11.3 Å². The molecule has 2 aromatic rings. The first-order valence-electron chi connectivity index (χ1n) is 12.5. The first kappa shape index (κ1) is 22.0. The van der Waals surface area contributed by atoms with Crippen LogP contribution >= 0.6 is 0 Å². The second kappa shape index (κ2) is 7.75. The number of alkyl halides is 2. The molecule has 0 atom stereocenters. The molecule has 0 saturated heterocycles. The van der Waals surface area contributed by atoms with E-state index < -0.39 is 11.8 Å². The van der Waals surface area contributed by atoms with Gasteiger partial charge in [-0.05, 0) is 68.9 Å². The number of ether oxygens (including phenoxy) is 1. The highest BCUT2D eigenvalue weighted by atomic mass is 19.3. The molecule has 34 heavy (non-hydrogen) atoms. The van der Waals surface area contributed by atoms with Crippen molar-refractivity contribution in [3.63, 3.8) is 0 Å². The molecule has 2 bridgehead atoms. The molecule has 0 unspecified atom stereocenters. The summed E-state index contributed by atoms with van der Waals surface area (Å²) in [6.07, 6.45) is 7.34. The normalized spacial score (nSPS) is 30.1. The van der Waals surface area contributed by atoms with Gasteiger partial charge < -0.3 is 14.2 Å². The Hall–Kier alpha value is -2.51. The van der Waals surface area contributed by atoms with Crippen molar-refractivity contribution in [3.05, 3.63) is 36.0 Å². The van der Waals surface area contributed by atoms with Gasteiger partial charge in [0.15, 0.2) is 5.82 Å². The molecule has 0 spiro atoms. The summed E-state index contributed by atoms with van der Waals surface area (Å²) in [7, 11) is 1.59. The molecular formula is C26H31F2N3O3. The Morgan fingerprint density at radius 1 is 1.15 bits per heavy atom. The van der Waals surface area contributed by atoms with Crippen LogP contribution < -0.4 is 9.64 Å². The van der Waals surface area contributed by atoms with Gasteiger partial charge in [-0.2, -0.15) is 4.98 Å². The maximum Gasteiger partial charge on any atom is 0.249 e. The van der Waals surface area contributed by atoms with Crippen LogP contribution in [0.3, 0.4) is 0 Å². The van der Waals surface area contributed by atoms with E-state index in [1.165, 1.54) is 0 Å². The maximum atomic E-state index is 13.6. The number of carbonyl (C=O) groups is 1. The molecule has 0 aliphatic heterocycles. The molecule has 1 amide bonds. The highest BCUT2D eigenvalue weighted by molar-refractivity contribution is 5.96. The van der Waals surface area contributed by atoms with E-state index in [0.29, 0.717) is 18.2 Å². The summed E-state index contributed by atoms with van der Waals surface area (Å²) in [5.41, 5.74) is 0.650. The molecule has 1 aromatic carbocycles. The molecule has 1 heterocycles. The quantitative estimate of drug-likeness (QED) is 0.524. The molecule has 5 aliphatic carbocycles. The zero-order valence-electron chi connectivity index (χ0n) is 19.6. The fraction of sp³-hybridized carbons (Fsp3) is 0.654. The van der Waals surface area contributed by atoms with Gasteiger partial charge in [0.1, 0.15) is 5.75 Å². The number of hydrogen-bond donors (Lipinski definition) is 0. The number of methoxy groups -OCH3 is 1. The lowest BCUT2D eigenvalue weighted by Gasteiger charge is -2.53. The molecule has 5 aliphatic rings. The summed E-state index contributed by atoms with van der Waals surface area (Å²) in [5.74, 6) is -0.761. The van der Waals surface area contributed by atoms with E-state index >= 15 is 0 Å². The first-order chi connectivity index (χ1) is 16.3. The van der Waals surface area contributed by atoms with Crippen molar-refractivity contribution < 1.29 is 22.8 Å². The highest BCUT2D eigenvalue weighted by Crippen LogP contribution is 2.58. The Morgan fingerprint density at radius 2 is 1.85 bits per heavy atom. The number of benzene rings is 1. The van der Waals surface area contributed by atoms with Gasteiger partial charge in [-0.3, -0.25) is 4.79 Å². The van der Waals surface area contributed by atoms with Gasteiger partial charge in [0.05, 0.1) is 7.11 Å². The van der Waals surface area contributed by atoms with E-state index in [2.05, 4.69) is 5.16 Å². The fourth-order valence-corrected chi connectivity index (χ4v) is 6.25. The Kier molecular flexibility index (Phi) is 5.01. The topological polar surface area (TPSA) is 68.5 Å². The van der Waals surface area contributed by atoms with Crippen molar-refractivity contribution in [3.8, 4) is 5.75 Å². The molecule has 7 rings (SSSR count). The minimum atomic E-state index is -2.72. The average molecular weight is 472 g/mol. The predicted molar refractivity (Wildman–Crippen MR) is 121 cm³/mol. The van der Waals surface area contributed by atoms with Gasteiger partial charge in [0.2, 0.25) is 17.7 Å². The van der Waals surface area contributed by atoms with E-state index in [1.807, 2.05) is 24.3 Å². The van der Waals surface area contributed by atoms with Gasteiger partial charge in [-0.25, -0.2) is 8.78 Å². The van der Waals surface area contributed by atoms with Crippen molar-refractivity contribution in [1.29, 1.82) is 0 Å². The van der Waals surface area contributed by atoms with Crippen LogP contribution in [0.1, 0.15) is 81.8 Å². The number of halogens is 2. The standard InChI is InChI=1S/C26H31F2N3O3/c1-33-20-4-2-3-19(13-20)31(22(32)18-14-26(27,28)15-18)16-24-7-10-25(11-8-24,12-9-24)23-29-21(30-34-23)17-5-6-17/h2-4,13,17-18H,5-12,14-16H2,1H3. The van der Waals surface area contributed by atoms with Gasteiger partial charge in [-0.15, -0.1) is 0 Å². The molecule has 1 aromatic heterocycles. The Morgan fingerprint density at radius 3 is 2.47 bits per heavy atom. The Balaban J connectivity index is 1.22. The average Bonchev–Trinajstić information content (AvgIpc) is 3.57. The van der Waals surface area contributed by atoms with Gasteiger partial charge >= 0.3 is 0 Å². The summed E-state index contributed by atoms with van der Waals surface area (Å²) in [5, 5.41) is 4.24. The second-order valence-corrected chi connectivity index (χ2v) is 11.1. The van der Waals surface area contributed by atoms with Crippen molar-refractivity contribution >= 4 is 11.6 Å². The van der Waals surface area contributed by atoms with Crippen LogP contribution in [0.15, 0.2) is 28.8 Å². The van der Waals surface area contributed by atoms with E-state index in [1.54, 1.807) is 12.0 Å². The molecule has 5 fully saturated rings. The fourth-order valence-electron chi connectivity index (χ4n) is 6.25. The summed E-state index contributed by atoms with van der Waals surface area (Å²) < 4.78 is 38.3. The second-order valence-electron chi connectivity index (χ2n) is 11.1. The molecular weight excluding hydrogens is 440 g/mol. The van der Waals surface area contributed by atoms with Gasteiger partial charge in [-0.1, -0.05) is 11.2 Å². The van der Waals surface area contributed by atoms with Crippen molar-refractivity contribution in [2.24, 2.45) is 11.3 Å². The monoisotopic (exact) mass is 471 g/mol. The SMILES string of the molecule is COc1cccc(N(CC23CCC(c4nc(C5CC5)no4)(CC2)CC3)C(=O)C2CC(F)(F)C2)c1. The number of aromatic nitrogens is 2. The minimum Gasteiger partial charge on any atom is -0.497 e. The summed E-state index contributed by atoms with van der Waals surface area (Å²) in [6.45, 7) is 0.550. The zero-order chi connectivity index (χ0) is 23.6. The lowest BCUT2D eigenvalue weighted by atomic mass is 9.53. The van der Waals surface area contributed by atoms with Crippen molar-refractivity contribution in [2.75, 3.05) is 18.6 Å². The number of nitrogens with zero attached hydrogens (tertiary/aromatic N) is 3. The number of anilines is 1. The summed E-state index contributed by atoms with van der Waals surface area (Å²) >= 11 is 0. The van der Waals surface area contributed by atoms with Crippen LogP contribution in [-0.2, 0) is 10.2 Å². The summed E-state index contributed by atoms with van der Waals surface area (Å²) in [4.78, 5) is 20.0. The van der Waals surface area contributed by atoms with Crippen LogP contribution in [0.2, 0.25) is 0 Å².